The standard InChI is InChI=1S/C5H13N3O/c1-2-8(5-9)7-4-3-6/h5,7H,2-4,6H2,1H3. The first kappa shape index (κ1) is 8.39. The molecule has 54 valence electrons. The zero-order valence-corrected chi connectivity index (χ0v) is 5.63. The Kier molecular flexibility index (Phi) is 5.15. The molecule has 0 aromatic rings. The second kappa shape index (κ2) is 5.53. The van der Waals surface area contributed by atoms with Crippen molar-refractivity contribution in [3.8, 4) is 0 Å². The SMILES string of the molecule is CCN(C=O)NCCN. The molecule has 0 spiro atoms. The van der Waals surface area contributed by atoms with Crippen molar-refractivity contribution in [1.29, 1.82) is 0 Å². The van der Waals surface area contributed by atoms with Crippen molar-refractivity contribution in [1.82, 2.24) is 10.4 Å². The van der Waals surface area contributed by atoms with Gasteiger partial charge in [0.1, 0.15) is 0 Å². The molecule has 0 fully saturated rings. The van der Waals surface area contributed by atoms with Gasteiger partial charge in [-0.2, -0.15) is 0 Å². The first-order valence-electron chi connectivity index (χ1n) is 3.00. The van der Waals surface area contributed by atoms with E-state index in [4.69, 9.17) is 5.73 Å². The summed E-state index contributed by atoms with van der Waals surface area (Å²) >= 11 is 0. The molecule has 9 heavy (non-hydrogen) atoms. The van der Waals surface area contributed by atoms with E-state index < -0.39 is 0 Å². The Labute approximate surface area is 55.0 Å². The van der Waals surface area contributed by atoms with Crippen LogP contribution in [0, 0.1) is 0 Å². The molecule has 0 aliphatic rings. The van der Waals surface area contributed by atoms with Crippen molar-refractivity contribution in [3.63, 3.8) is 0 Å². The highest BCUT2D eigenvalue weighted by Gasteiger charge is 1.91. The Balaban J connectivity index is 3.20. The van der Waals surface area contributed by atoms with Gasteiger partial charge < -0.3 is 5.73 Å². The van der Waals surface area contributed by atoms with Gasteiger partial charge in [-0.1, -0.05) is 0 Å². The lowest BCUT2D eigenvalue weighted by Crippen LogP contribution is -2.39. The van der Waals surface area contributed by atoms with Crippen LogP contribution in [-0.2, 0) is 4.79 Å². The summed E-state index contributed by atoms with van der Waals surface area (Å²) in [6.45, 7) is 3.75. The third-order valence-electron chi connectivity index (χ3n) is 0.927. The summed E-state index contributed by atoms with van der Waals surface area (Å²) in [5.41, 5.74) is 7.99. The molecule has 0 aliphatic carbocycles. The van der Waals surface area contributed by atoms with E-state index in [0.29, 0.717) is 19.6 Å². The fourth-order valence-corrected chi connectivity index (χ4v) is 0.432. The number of rotatable bonds is 5. The van der Waals surface area contributed by atoms with Crippen molar-refractivity contribution in [2.75, 3.05) is 19.6 Å². The van der Waals surface area contributed by atoms with Gasteiger partial charge in [-0.3, -0.25) is 9.80 Å². The molecule has 0 heterocycles. The number of amides is 1. The highest BCUT2D eigenvalue weighted by Crippen LogP contribution is 1.70. The van der Waals surface area contributed by atoms with E-state index in [1.807, 2.05) is 6.92 Å². The molecule has 0 saturated heterocycles. The van der Waals surface area contributed by atoms with Gasteiger partial charge in [-0.15, -0.1) is 0 Å². The van der Waals surface area contributed by atoms with Crippen molar-refractivity contribution in [2.45, 2.75) is 6.92 Å². The normalized spacial score (nSPS) is 9.11. The van der Waals surface area contributed by atoms with Crippen molar-refractivity contribution in [2.24, 2.45) is 5.73 Å². The summed E-state index contributed by atoms with van der Waals surface area (Å²) in [4.78, 5) is 10.1. The van der Waals surface area contributed by atoms with Crippen LogP contribution < -0.4 is 11.2 Å². The highest BCUT2D eigenvalue weighted by atomic mass is 16.1. The summed E-state index contributed by atoms with van der Waals surface area (Å²) in [5.74, 6) is 0. The summed E-state index contributed by atoms with van der Waals surface area (Å²) in [5, 5.41) is 1.45. The molecule has 0 atom stereocenters. The van der Waals surface area contributed by atoms with Gasteiger partial charge in [0.2, 0.25) is 6.41 Å². The molecule has 0 aromatic carbocycles. The van der Waals surface area contributed by atoms with Crippen molar-refractivity contribution in [3.05, 3.63) is 0 Å². The van der Waals surface area contributed by atoms with Gasteiger partial charge in [0, 0.05) is 19.6 Å². The molecule has 0 unspecified atom stereocenters. The van der Waals surface area contributed by atoms with Crippen LogP contribution in [0.1, 0.15) is 6.92 Å². The Morgan fingerprint density at radius 2 is 2.44 bits per heavy atom. The number of hydrogen-bond donors (Lipinski definition) is 2. The van der Waals surface area contributed by atoms with Crippen LogP contribution in [0.5, 0.6) is 0 Å². The lowest BCUT2D eigenvalue weighted by molar-refractivity contribution is -0.120. The van der Waals surface area contributed by atoms with E-state index in [1.54, 1.807) is 0 Å². The van der Waals surface area contributed by atoms with Crippen LogP contribution >= 0.6 is 0 Å². The van der Waals surface area contributed by atoms with E-state index in [-0.39, 0.29) is 0 Å². The van der Waals surface area contributed by atoms with Crippen LogP contribution in [0.3, 0.4) is 0 Å². The lowest BCUT2D eigenvalue weighted by atomic mass is 10.6. The summed E-state index contributed by atoms with van der Waals surface area (Å²) in [6, 6.07) is 0. The highest BCUT2D eigenvalue weighted by molar-refractivity contribution is 5.45. The van der Waals surface area contributed by atoms with Crippen LogP contribution in [-0.4, -0.2) is 31.1 Å². The number of nitrogens with zero attached hydrogens (tertiary/aromatic N) is 1. The van der Waals surface area contributed by atoms with E-state index in [1.165, 1.54) is 5.01 Å². The molecule has 4 heteroatoms. The fraction of sp³-hybridized carbons (Fsp3) is 0.800. The number of nitrogens with two attached hydrogens (primary N) is 1. The fourth-order valence-electron chi connectivity index (χ4n) is 0.432. The number of nitrogens with one attached hydrogen (secondary N) is 1. The van der Waals surface area contributed by atoms with E-state index in [9.17, 15) is 4.79 Å². The summed E-state index contributed by atoms with van der Waals surface area (Å²) in [6.07, 6.45) is 0.746. The Morgan fingerprint density at radius 3 is 2.78 bits per heavy atom. The molecule has 4 nitrogen and oxygen atoms in total. The number of carbonyl (C=O) groups excluding carboxylic acids is 1. The van der Waals surface area contributed by atoms with Crippen LogP contribution in [0.2, 0.25) is 0 Å². The Morgan fingerprint density at radius 1 is 1.78 bits per heavy atom. The molecule has 0 bridgehead atoms. The van der Waals surface area contributed by atoms with Gasteiger partial charge in [0.05, 0.1) is 0 Å². The predicted molar refractivity (Wildman–Crippen MR) is 35.5 cm³/mol. The molecule has 0 aliphatic heterocycles. The van der Waals surface area contributed by atoms with Gasteiger partial charge in [-0.25, -0.2) is 5.43 Å². The molecule has 3 N–H and O–H groups in total. The quantitative estimate of drug-likeness (QED) is 0.369. The average Bonchev–Trinajstić information content (AvgIpc) is 1.91. The molecule has 1 amide bonds. The minimum Gasteiger partial charge on any atom is -0.329 e. The minimum atomic E-state index is 0.546. The monoisotopic (exact) mass is 131 g/mol. The van der Waals surface area contributed by atoms with Gasteiger partial charge in [0.15, 0.2) is 0 Å². The van der Waals surface area contributed by atoms with E-state index >= 15 is 0 Å². The first-order valence-corrected chi connectivity index (χ1v) is 3.00. The first-order chi connectivity index (χ1) is 4.35. The lowest BCUT2D eigenvalue weighted by Gasteiger charge is -2.14. The summed E-state index contributed by atoms with van der Waals surface area (Å²) < 4.78 is 0. The van der Waals surface area contributed by atoms with Gasteiger partial charge in [-0.05, 0) is 6.92 Å². The van der Waals surface area contributed by atoms with Crippen LogP contribution in [0.4, 0.5) is 0 Å². The second-order valence-corrected chi connectivity index (χ2v) is 1.59. The smallest absolute Gasteiger partial charge is 0.223 e. The third-order valence-corrected chi connectivity index (χ3v) is 0.927. The predicted octanol–water partition coefficient (Wildman–Crippen LogP) is -1.07. The van der Waals surface area contributed by atoms with Crippen molar-refractivity contribution < 1.29 is 4.79 Å². The van der Waals surface area contributed by atoms with Gasteiger partial charge in [0.25, 0.3) is 0 Å². The maximum Gasteiger partial charge on any atom is 0.223 e. The molecule has 0 radical (unpaired) electrons. The van der Waals surface area contributed by atoms with Gasteiger partial charge >= 0.3 is 0 Å². The van der Waals surface area contributed by atoms with Crippen LogP contribution in [0.25, 0.3) is 0 Å². The topological polar surface area (TPSA) is 58.4 Å². The molecule has 0 rings (SSSR count). The maximum atomic E-state index is 10.1. The Bertz CT molecular complexity index is 76.6. The molecular formula is C5H13N3O. The maximum absolute atomic E-state index is 10.1. The van der Waals surface area contributed by atoms with E-state index in [0.717, 1.165) is 6.41 Å². The molecule has 0 saturated carbocycles. The molecular weight excluding hydrogens is 118 g/mol. The number of hydrazine groups is 1. The second-order valence-electron chi connectivity index (χ2n) is 1.59. The molecule has 0 aromatic heterocycles. The number of carbonyl (C=O) groups is 1. The Hall–Kier alpha value is -0.610. The summed E-state index contributed by atoms with van der Waals surface area (Å²) in [7, 11) is 0. The van der Waals surface area contributed by atoms with Crippen molar-refractivity contribution >= 4 is 6.41 Å². The number of hydrogen-bond acceptors (Lipinski definition) is 3. The largest absolute Gasteiger partial charge is 0.329 e. The average molecular weight is 131 g/mol. The zero-order valence-electron chi connectivity index (χ0n) is 5.63. The van der Waals surface area contributed by atoms with E-state index in [2.05, 4.69) is 5.43 Å². The third kappa shape index (κ3) is 3.93. The minimum absolute atomic E-state index is 0.546. The van der Waals surface area contributed by atoms with Crippen LogP contribution in [0.15, 0.2) is 0 Å². The zero-order chi connectivity index (χ0) is 7.11.